The maximum Gasteiger partial charge on any atom is 0.404 e. The molecule has 2 N–H and O–H groups in total. The number of hydrogen-bond acceptors (Lipinski definition) is 4. The van der Waals surface area contributed by atoms with Gasteiger partial charge in [-0.2, -0.15) is 13.2 Å². The van der Waals surface area contributed by atoms with Crippen LogP contribution in [0.1, 0.15) is 30.7 Å². The number of nitrogens with two attached hydrogens (primary N) is 1. The Labute approximate surface area is 122 Å². The number of nitrogens with zero attached hydrogens (tertiary/aromatic N) is 2. The number of alkyl halides is 5. The van der Waals surface area contributed by atoms with Crippen molar-refractivity contribution in [2.24, 2.45) is 11.7 Å². The summed E-state index contributed by atoms with van der Waals surface area (Å²) in [7, 11) is 0. The monoisotopic (exact) mass is 327 g/mol. The first-order chi connectivity index (χ1) is 10.2. The van der Waals surface area contributed by atoms with Crippen molar-refractivity contribution in [1.82, 2.24) is 9.88 Å². The number of likely N-dealkylation sites (tertiary alicyclic amines) is 1. The number of hydrogen-bond donors (Lipinski definition) is 1. The second kappa shape index (κ2) is 6.19. The molecule has 0 saturated carbocycles. The summed E-state index contributed by atoms with van der Waals surface area (Å²) in [6.45, 7) is -0.737. The lowest BCUT2D eigenvalue weighted by Crippen LogP contribution is -2.52. The molecule has 10 heteroatoms. The second-order valence-corrected chi connectivity index (χ2v) is 5.13. The standard InChI is InChI=1S/C12H14F5N3O2/c13-10(14)9-7(19-5-22-9)4-20-3-6(11(18)21)1-2-8(20)12(15,16)17/h5-6,8,10H,1-4H2,(H2,18,21)/t6-,8-/m1/s1. The lowest BCUT2D eigenvalue weighted by atomic mass is 9.91. The maximum atomic E-state index is 13.1. The molecular weight excluding hydrogens is 313 g/mol. The summed E-state index contributed by atoms with van der Waals surface area (Å²) in [6.07, 6.45) is -7.06. The van der Waals surface area contributed by atoms with Crippen LogP contribution in [0.25, 0.3) is 0 Å². The van der Waals surface area contributed by atoms with Crippen molar-refractivity contribution in [3.8, 4) is 0 Å². The Morgan fingerprint density at radius 2 is 2.14 bits per heavy atom. The fourth-order valence-electron chi connectivity index (χ4n) is 2.59. The van der Waals surface area contributed by atoms with Gasteiger partial charge in [-0.3, -0.25) is 9.69 Å². The van der Waals surface area contributed by atoms with Crippen molar-refractivity contribution in [3.05, 3.63) is 17.8 Å². The molecule has 124 valence electrons. The van der Waals surface area contributed by atoms with Crippen LogP contribution >= 0.6 is 0 Å². The minimum Gasteiger partial charge on any atom is -0.442 e. The van der Waals surface area contributed by atoms with Crippen LogP contribution in [0.2, 0.25) is 0 Å². The van der Waals surface area contributed by atoms with E-state index in [-0.39, 0.29) is 25.1 Å². The molecule has 0 spiro atoms. The molecule has 1 aliphatic heterocycles. The number of rotatable bonds is 4. The molecule has 1 fully saturated rings. The quantitative estimate of drug-likeness (QED) is 0.861. The van der Waals surface area contributed by atoms with Gasteiger partial charge in [-0.25, -0.2) is 13.8 Å². The van der Waals surface area contributed by atoms with E-state index in [9.17, 15) is 26.7 Å². The Morgan fingerprint density at radius 1 is 1.45 bits per heavy atom. The van der Waals surface area contributed by atoms with Crippen molar-refractivity contribution in [2.45, 2.75) is 38.0 Å². The van der Waals surface area contributed by atoms with Gasteiger partial charge in [0.1, 0.15) is 11.7 Å². The maximum absolute atomic E-state index is 13.1. The smallest absolute Gasteiger partial charge is 0.404 e. The zero-order chi connectivity index (χ0) is 16.5. The highest BCUT2D eigenvalue weighted by atomic mass is 19.4. The van der Waals surface area contributed by atoms with E-state index in [0.717, 1.165) is 11.3 Å². The molecule has 1 amide bonds. The topological polar surface area (TPSA) is 72.4 Å². The molecule has 5 nitrogen and oxygen atoms in total. The molecule has 0 aliphatic carbocycles. The zero-order valence-corrected chi connectivity index (χ0v) is 11.3. The largest absolute Gasteiger partial charge is 0.442 e. The molecule has 1 aliphatic rings. The fourth-order valence-corrected chi connectivity index (χ4v) is 2.59. The van der Waals surface area contributed by atoms with Crippen LogP contribution in [-0.4, -0.2) is 34.6 Å². The third-order valence-corrected chi connectivity index (χ3v) is 3.69. The third-order valence-electron chi connectivity index (χ3n) is 3.69. The summed E-state index contributed by atoms with van der Waals surface area (Å²) in [5.41, 5.74) is 4.87. The molecule has 0 radical (unpaired) electrons. The SMILES string of the molecule is NC(=O)[C@@H]1CC[C@H](C(F)(F)F)N(Cc2ncoc2C(F)F)C1. The van der Waals surface area contributed by atoms with Gasteiger partial charge in [0.25, 0.3) is 6.43 Å². The lowest BCUT2D eigenvalue weighted by Gasteiger charge is -2.39. The second-order valence-electron chi connectivity index (χ2n) is 5.13. The van der Waals surface area contributed by atoms with E-state index in [1.807, 2.05) is 0 Å². The molecule has 22 heavy (non-hydrogen) atoms. The number of primary amides is 1. The molecule has 0 aromatic carbocycles. The first-order valence-electron chi connectivity index (χ1n) is 6.50. The minimum atomic E-state index is -4.53. The zero-order valence-electron chi connectivity index (χ0n) is 11.3. The van der Waals surface area contributed by atoms with Gasteiger partial charge in [-0.1, -0.05) is 0 Å². The Bertz CT molecular complexity index is 531. The van der Waals surface area contributed by atoms with Gasteiger partial charge in [0.2, 0.25) is 5.91 Å². The van der Waals surface area contributed by atoms with Crippen molar-refractivity contribution in [3.63, 3.8) is 0 Å². The highest BCUT2D eigenvalue weighted by molar-refractivity contribution is 5.77. The van der Waals surface area contributed by atoms with Crippen LogP contribution < -0.4 is 5.73 Å². The summed E-state index contributed by atoms with van der Waals surface area (Å²) in [5.74, 6) is -2.22. The predicted octanol–water partition coefficient (Wildman–Crippen LogP) is 2.24. The number of oxazole rings is 1. The number of halogens is 5. The predicted molar refractivity (Wildman–Crippen MR) is 63.6 cm³/mol. The Morgan fingerprint density at radius 3 is 2.68 bits per heavy atom. The molecule has 1 aromatic rings. The van der Waals surface area contributed by atoms with E-state index in [2.05, 4.69) is 9.40 Å². The van der Waals surface area contributed by atoms with Crippen molar-refractivity contribution >= 4 is 5.91 Å². The number of piperidine rings is 1. The molecule has 1 aromatic heterocycles. The average molecular weight is 327 g/mol. The van der Waals surface area contributed by atoms with E-state index in [1.165, 1.54) is 0 Å². The molecule has 0 bridgehead atoms. The van der Waals surface area contributed by atoms with Crippen LogP contribution in [0.5, 0.6) is 0 Å². The van der Waals surface area contributed by atoms with Crippen molar-refractivity contribution in [1.29, 1.82) is 0 Å². The Hall–Kier alpha value is -1.71. The third kappa shape index (κ3) is 3.54. The van der Waals surface area contributed by atoms with Gasteiger partial charge < -0.3 is 10.2 Å². The van der Waals surface area contributed by atoms with Gasteiger partial charge in [-0.15, -0.1) is 0 Å². The van der Waals surface area contributed by atoms with Gasteiger partial charge in [0.05, 0.1) is 5.92 Å². The normalized spacial score (nSPS) is 23.9. The van der Waals surface area contributed by atoms with Crippen LogP contribution in [0.3, 0.4) is 0 Å². The van der Waals surface area contributed by atoms with E-state index in [0.29, 0.717) is 0 Å². The van der Waals surface area contributed by atoms with Crippen molar-refractivity contribution < 1.29 is 31.2 Å². The fraction of sp³-hybridized carbons (Fsp3) is 0.667. The van der Waals surface area contributed by atoms with E-state index in [4.69, 9.17) is 5.73 Å². The van der Waals surface area contributed by atoms with E-state index >= 15 is 0 Å². The van der Waals surface area contributed by atoms with Gasteiger partial charge in [0, 0.05) is 13.1 Å². The molecule has 0 unspecified atom stereocenters. The summed E-state index contributed by atoms with van der Waals surface area (Å²) in [5, 5.41) is 0. The number of carbonyl (C=O) groups is 1. The summed E-state index contributed by atoms with van der Waals surface area (Å²) >= 11 is 0. The molecular formula is C12H14F5N3O2. The van der Waals surface area contributed by atoms with Crippen LogP contribution in [0.15, 0.2) is 10.8 Å². The Kier molecular flexibility index (Phi) is 4.69. The van der Waals surface area contributed by atoms with Crippen LogP contribution in [0.4, 0.5) is 22.0 Å². The molecule has 2 rings (SSSR count). The van der Waals surface area contributed by atoms with Crippen LogP contribution in [-0.2, 0) is 11.3 Å². The number of aromatic nitrogens is 1. The lowest BCUT2D eigenvalue weighted by molar-refractivity contribution is -0.197. The minimum absolute atomic E-state index is 0.0104. The molecule has 2 atom stereocenters. The first-order valence-corrected chi connectivity index (χ1v) is 6.50. The molecule has 1 saturated heterocycles. The first kappa shape index (κ1) is 16.7. The van der Waals surface area contributed by atoms with Gasteiger partial charge >= 0.3 is 6.18 Å². The average Bonchev–Trinajstić information content (AvgIpc) is 2.85. The van der Waals surface area contributed by atoms with Crippen molar-refractivity contribution in [2.75, 3.05) is 6.54 Å². The van der Waals surface area contributed by atoms with Crippen LogP contribution in [0, 0.1) is 5.92 Å². The van der Waals surface area contributed by atoms with E-state index < -0.39 is 42.8 Å². The van der Waals surface area contributed by atoms with Gasteiger partial charge in [0.15, 0.2) is 12.2 Å². The van der Waals surface area contributed by atoms with E-state index in [1.54, 1.807) is 0 Å². The highest BCUT2D eigenvalue weighted by Crippen LogP contribution is 2.35. The summed E-state index contributed by atoms with van der Waals surface area (Å²) < 4.78 is 69.1. The number of amides is 1. The molecule has 2 heterocycles. The summed E-state index contributed by atoms with van der Waals surface area (Å²) in [4.78, 5) is 15.6. The highest BCUT2D eigenvalue weighted by Gasteiger charge is 2.47. The Balaban J connectivity index is 2.21. The van der Waals surface area contributed by atoms with Gasteiger partial charge in [-0.05, 0) is 12.8 Å². The number of carbonyl (C=O) groups excluding carboxylic acids is 1. The summed E-state index contributed by atoms with van der Waals surface area (Å²) in [6, 6.07) is -1.83.